The van der Waals surface area contributed by atoms with E-state index in [0.29, 0.717) is 12.3 Å². The third kappa shape index (κ3) is 2.57. The minimum Gasteiger partial charge on any atom is -0.493 e. The first kappa shape index (κ1) is 16.4. The van der Waals surface area contributed by atoms with Gasteiger partial charge in [0.2, 0.25) is 0 Å². The number of nitrogens with zero attached hydrogens (tertiary/aromatic N) is 1. The highest BCUT2D eigenvalue weighted by Gasteiger charge is 2.15. The molecule has 3 nitrogen and oxygen atoms in total. The summed E-state index contributed by atoms with van der Waals surface area (Å²) in [5, 5.41) is 2.15. The van der Waals surface area contributed by atoms with E-state index >= 15 is 0 Å². The highest BCUT2D eigenvalue weighted by atomic mass is 16.5. The van der Waals surface area contributed by atoms with Crippen molar-refractivity contribution >= 4 is 22.6 Å². The lowest BCUT2D eigenvalue weighted by Crippen LogP contribution is -1.96. The summed E-state index contributed by atoms with van der Waals surface area (Å²) < 4.78 is 7.77. The quantitative estimate of drug-likeness (QED) is 0.446. The van der Waals surface area contributed by atoms with Gasteiger partial charge in [-0.25, -0.2) is 0 Å². The molecule has 0 saturated carbocycles. The van der Waals surface area contributed by atoms with Gasteiger partial charge in [0.25, 0.3) is 0 Å². The van der Waals surface area contributed by atoms with E-state index in [1.165, 1.54) is 5.56 Å². The molecule has 0 aliphatic carbocycles. The van der Waals surface area contributed by atoms with E-state index in [1.54, 1.807) is 0 Å². The van der Waals surface area contributed by atoms with Gasteiger partial charge in [0, 0.05) is 22.7 Å². The van der Waals surface area contributed by atoms with E-state index in [4.69, 9.17) is 4.74 Å². The molecule has 0 bridgehead atoms. The molecule has 0 saturated heterocycles. The van der Waals surface area contributed by atoms with E-state index in [1.807, 2.05) is 29.5 Å². The van der Waals surface area contributed by atoms with Gasteiger partial charge in [-0.05, 0) is 54.1 Å². The number of aromatic nitrogens is 1. The summed E-state index contributed by atoms with van der Waals surface area (Å²) in [6, 6.07) is 18.5. The molecule has 4 rings (SSSR count). The Bertz CT molecular complexity index is 1110. The van der Waals surface area contributed by atoms with E-state index < -0.39 is 0 Å². The lowest BCUT2D eigenvalue weighted by Gasteiger charge is -2.11. The van der Waals surface area contributed by atoms with Crippen molar-refractivity contribution in [1.82, 2.24) is 4.40 Å². The molecule has 3 heteroatoms. The predicted octanol–water partition coefficient (Wildman–Crippen LogP) is 5.53. The fourth-order valence-corrected chi connectivity index (χ4v) is 3.57. The number of rotatable bonds is 5. The lowest BCUT2D eigenvalue weighted by atomic mass is 9.98. The molecule has 0 atom stereocenters. The highest BCUT2D eigenvalue weighted by molar-refractivity contribution is 6.04. The van der Waals surface area contributed by atoms with Gasteiger partial charge in [-0.1, -0.05) is 37.3 Å². The average Bonchev–Trinajstić information content (AvgIpc) is 3.05. The predicted molar refractivity (Wildman–Crippen MR) is 106 cm³/mol. The second-order valence-electron chi connectivity index (χ2n) is 6.34. The van der Waals surface area contributed by atoms with Crippen molar-refractivity contribution in [3.8, 4) is 16.9 Å². The van der Waals surface area contributed by atoms with Crippen LogP contribution in [-0.4, -0.2) is 17.3 Å². The van der Waals surface area contributed by atoms with Gasteiger partial charge < -0.3 is 9.14 Å². The number of hydrogen-bond acceptors (Lipinski definition) is 2. The third-order valence-electron chi connectivity index (χ3n) is 4.86. The van der Waals surface area contributed by atoms with Gasteiger partial charge in [-0.2, -0.15) is 0 Å². The monoisotopic (exact) mass is 343 g/mol. The summed E-state index contributed by atoms with van der Waals surface area (Å²) in [6.07, 6.45) is 3.94. The Morgan fingerprint density at radius 1 is 0.962 bits per heavy atom. The van der Waals surface area contributed by atoms with Crippen LogP contribution in [0.2, 0.25) is 0 Å². The molecule has 4 aromatic rings. The molecule has 2 heterocycles. The van der Waals surface area contributed by atoms with Crippen LogP contribution in [0, 0.1) is 0 Å². The maximum Gasteiger partial charge on any atom is 0.167 e. The van der Waals surface area contributed by atoms with Crippen LogP contribution < -0.4 is 4.74 Å². The van der Waals surface area contributed by atoms with Crippen molar-refractivity contribution in [2.45, 2.75) is 20.3 Å². The Balaban J connectivity index is 2.01. The second kappa shape index (κ2) is 6.68. The van der Waals surface area contributed by atoms with Gasteiger partial charge in [0.15, 0.2) is 6.29 Å². The average molecular weight is 343 g/mol. The summed E-state index contributed by atoms with van der Waals surface area (Å²) in [4.78, 5) is 11.9. The van der Waals surface area contributed by atoms with Crippen LogP contribution in [0.15, 0.2) is 60.8 Å². The molecule has 0 aliphatic heterocycles. The van der Waals surface area contributed by atoms with Crippen molar-refractivity contribution in [1.29, 1.82) is 0 Å². The molecule has 0 amide bonds. The molecular weight excluding hydrogens is 322 g/mol. The Morgan fingerprint density at radius 3 is 2.50 bits per heavy atom. The second-order valence-corrected chi connectivity index (χ2v) is 6.34. The molecule has 0 unspecified atom stereocenters. The minimum absolute atomic E-state index is 0.624. The lowest BCUT2D eigenvalue weighted by molar-refractivity contribution is 0.111. The molecule has 0 N–H and O–H groups in total. The molecule has 130 valence electrons. The molecule has 2 aromatic heterocycles. The number of carbonyl (C=O) groups excluding carboxylic acids is 1. The van der Waals surface area contributed by atoms with Crippen molar-refractivity contribution in [3.63, 3.8) is 0 Å². The highest BCUT2D eigenvalue weighted by Crippen LogP contribution is 2.37. The molecule has 26 heavy (non-hydrogen) atoms. The van der Waals surface area contributed by atoms with Gasteiger partial charge in [0.1, 0.15) is 5.75 Å². The number of benzene rings is 2. The first-order chi connectivity index (χ1) is 12.8. The van der Waals surface area contributed by atoms with Crippen LogP contribution in [0.3, 0.4) is 0 Å². The first-order valence-corrected chi connectivity index (χ1v) is 9.01. The maximum atomic E-state index is 11.9. The molecule has 0 radical (unpaired) electrons. The van der Waals surface area contributed by atoms with Gasteiger partial charge >= 0.3 is 0 Å². The van der Waals surface area contributed by atoms with Crippen molar-refractivity contribution in [3.05, 3.63) is 72.1 Å². The summed E-state index contributed by atoms with van der Waals surface area (Å²) >= 11 is 0. The van der Waals surface area contributed by atoms with Crippen LogP contribution >= 0.6 is 0 Å². The Labute approximate surface area is 152 Å². The number of aryl methyl sites for hydroxylation is 1. The Morgan fingerprint density at radius 2 is 1.77 bits per heavy atom. The number of hydrogen-bond donors (Lipinski definition) is 0. The van der Waals surface area contributed by atoms with E-state index in [-0.39, 0.29) is 0 Å². The van der Waals surface area contributed by atoms with Gasteiger partial charge in [-0.15, -0.1) is 0 Å². The summed E-state index contributed by atoms with van der Waals surface area (Å²) in [5.41, 5.74) is 4.92. The SMILES string of the molecule is CCOc1ccc(-c2cc3ccc(CC)cn3c2C=O)c2ccccc12. The standard InChI is InChI=1S/C23H21NO2/c1-3-16-9-10-17-13-21(22(15-25)24(17)14-16)19-11-12-23(26-4-2)20-8-6-5-7-18(19)20/h5-15H,3-4H2,1-2H3. The first-order valence-electron chi connectivity index (χ1n) is 9.01. The smallest absolute Gasteiger partial charge is 0.167 e. The van der Waals surface area contributed by atoms with Crippen molar-refractivity contribution in [2.24, 2.45) is 0 Å². The van der Waals surface area contributed by atoms with Crippen LogP contribution in [0.25, 0.3) is 27.4 Å². The summed E-state index contributed by atoms with van der Waals surface area (Å²) in [7, 11) is 0. The number of aldehydes is 1. The van der Waals surface area contributed by atoms with Crippen LogP contribution in [0.1, 0.15) is 29.9 Å². The van der Waals surface area contributed by atoms with Crippen molar-refractivity contribution in [2.75, 3.05) is 6.61 Å². The van der Waals surface area contributed by atoms with E-state index in [9.17, 15) is 4.79 Å². The normalized spacial score (nSPS) is 11.2. The number of ether oxygens (including phenoxy) is 1. The maximum absolute atomic E-state index is 11.9. The van der Waals surface area contributed by atoms with Crippen LogP contribution in [-0.2, 0) is 6.42 Å². The zero-order valence-corrected chi connectivity index (χ0v) is 15.0. The fourth-order valence-electron chi connectivity index (χ4n) is 3.57. The number of fused-ring (bicyclic) bond motifs is 2. The summed E-state index contributed by atoms with van der Waals surface area (Å²) in [5.74, 6) is 0.872. The molecule has 0 aliphatic rings. The Hall–Kier alpha value is -3.07. The number of pyridine rings is 1. The zero-order valence-electron chi connectivity index (χ0n) is 15.0. The van der Waals surface area contributed by atoms with Gasteiger partial charge in [0.05, 0.1) is 12.3 Å². The van der Waals surface area contributed by atoms with E-state index in [0.717, 1.165) is 45.9 Å². The minimum atomic E-state index is 0.624. The summed E-state index contributed by atoms with van der Waals surface area (Å²) in [6.45, 7) is 4.73. The van der Waals surface area contributed by atoms with Crippen LogP contribution in [0.5, 0.6) is 5.75 Å². The molecule has 2 aromatic carbocycles. The van der Waals surface area contributed by atoms with Crippen LogP contribution in [0.4, 0.5) is 0 Å². The zero-order chi connectivity index (χ0) is 18.1. The molecule has 0 spiro atoms. The third-order valence-corrected chi connectivity index (χ3v) is 4.86. The van der Waals surface area contributed by atoms with Gasteiger partial charge in [-0.3, -0.25) is 4.79 Å². The number of carbonyl (C=O) groups is 1. The van der Waals surface area contributed by atoms with E-state index in [2.05, 4.69) is 49.5 Å². The fraction of sp³-hybridized carbons (Fsp3) is 0.174. The van der Waals surface area contributed by atoms with Crippen molar-refractivity contribution < 1.29 is 9.53 Å². The topological polar surface area (TPSA) is 30.7 Å². The largest absolute Gasteiger partial charge is 0.493 e. The Kier molecular flexibility index (Phi) is 4.21. The molecular formula is C23H21NO2. The molecule has 0 fully saturated rings.